The van der Waals surface area contributed by atoms with Crippen LogP contribution in [0, 0.1) is 0 Å². The Balaban J connectivity index is 4.27. The Labute approximate surface area is 337 Å². The summed E-state index contributed by atoms with van der Waals surface area (Å²) in [6.45, 7) is 4.58. The zero-order valence-corrected chi connectivity index (χ0v) is 35.9. The van der Waals surface area contributed by atoms with E-state index >= 15 is 0 Å². The van der Waals surface area contributed by atoms with Crippen LogP contribution in [0.2, 0.25) is 0 Å². The molecule has 0 aromatic rings. The summed E-state index contributed by atoms with van der Waals surface area (Å²) in [5.74, 6) is -1.49. The van der Waals surface area contributed by atoms with Crippen molar-refractivity contribution in [2.75, 3.05) is 41.0 Å². The molecule has 55 heavy (non-hydrogen) atoms. The Bertz CT molecular complexity index is 1090. The largest absolute Gasteiger partial charge is 0.477 e. The second-order valence-electron chi connectivity index (χ2n) is 15.6. The van der Waals surface area contributed by atoms with Gasteiger partial charge in [-0.25, -0.2) is 4.79 Å². The summed E-state index contributed by atoms with van der Waals surface area (Å²) in [5.41, 5.74) is 0. The highest BCUT2D eigenvalue weighted by molar-refractivity contribution is 5.72. The smallest absolute Gasteiger partial charge is 0.362 e. The molecule has 0 saturated carbocycles. The summed E-state index contributed by atoms with van der Waals surface area (Å²) in [7, 11) is 5.51. The van der Waals surface area contributed by atoms with Gasteiger partial charge in [-0.2, -0.15) is 0 Å². The van der Waals surface area contributed by atoms with Gasteiger partial charge >= 0.3 is 17.9 Å². The van der Waals surface area contributed by atoms with Gasteiger partial charge in [0.1, 0.15) is 6.61 Å². The summed E-state index contributed by atoms with van der Waals surface area (Å²) >= 11 is 0. The maximum Gasteiger partial charge on any atom is 0.362 e. The minimum absolute atomic E-state index is 0.0554. The van der Waals surface area contributed by atoms with Crippen LogP contribution in [0.1, 0.15) is 168 Å². The van der Waals surface area contributed by atoms with Crippen molar-refractivity contribution in [3.8, 4) is 0 Å². The molecule has 0 aliphatic carbocycles. The van der Waals surface area contributed by atoms with Crippen LogP contribution in [0.25, 0.3) is 0 Å². The first-order chi connectivity index (χ1) is 26.6. The highest BCUT2D eigenvalue weighted by atomic mass is 16.6. The molecule has 0 fully saturated rings. The van der Waals surface area contributed by atoms with E-state index in [4.69, 9.17) is 14.2 Å². The molecule has 0 aliphatic heterocycles. The van der Waals surface area contributed by atoms with Crippen LogP contribution in [0.3, 0.4) is 0 Å². The van der Waals surface area contributed by atoms with Crippen molar-refractivity contribution in [3.05, 3.63) is 60.8 Å². The van der Waals surface area contributed by atoms with Crippen molar-refractivity contribution in [2.24, 2.45) is 0 Å². The Morgan fingerprint density at radius 2 is 1.02 bits per heavy atom. The van der Waals surface area contributed by atoms with Gasteiger partial charge in [-0.3, -0.25) is 9.59 Å². The van der Waals surface area contributed by atoms with Gasteiger partial charge in [0.2, 0.25) is 0 Å². The van der Waals surface area contributed by atoms with E-state index < -0.39 is 18.1 Å². The third kappa shape index (κ3) is 36.4. The number of carboxylic acid groups (broad SMARTS) is 1. The van der Waals surface area contributed by atoms with Gasteiger partial charge in [-0.05, 0) is 57.8 Å². The molecule has 1 N–H and O–H groups in total. The number of hydrogen-bond acceptors (Lipinski definition) is 6. The molecule has 0 aromatic heterocycles. The number of unbranched alkanes of at least 4 members (excludes halogenated alkanes) is 14. The van der Waals surface area contributed by atoms with Gasteiger partial charge in [-0.1, -0.05) is 152 Å². The fraction of sp³-hybridized carbons (Fsp3) is 0.723. The van der Waals surface area contributed by atoms with Crippen LogP contribution < -0.4 is 0 Å². The van der Waals surface area contributed by atoms with Crippen LogP contribution in [0.15, 0.2) is 60.8 Å². The van der Waals surface area contributed by atoms with E-state index in [-0.39, 0.29) is 36.2 Å². The fourth-order valence-corrected chi connectivity index (χ4v) is 6.06. The Hall–Kier alpha value is -2.97. The van der Waals surface area contributed by atoms with Crippen LogP contribution in [-0.2, 0) is 28.6 Å². The third-order valence-electron chi connectivity index (χ3n) is 9.43. The third-order valence-corrected chi connectivity index (χ3v) is 9.43. The quantitative estimate of drug-likeness (QED) is 0.0289. The van der Waals surface area contributed by atoms with Crippen molar-refractivity contribution < 1.29 is 38.2 Å². The maximum absolute atomic E-state index is 12.6. The predicted octanol–water partition coefficient (Wildman–Crippen LogP) is 11.8. The molecule has 0 saturated heterocycles. The van der Waals surface area contributed by atoms with Crippen molar-refractivity contribution >= 4 is 17.9 Å². The fourth-order valence-electron chi connectivity index (χ4n) is 6.06. The molecule has 2 unspecified atom stereocenters. The number of quaternary nitrogens is 1. The number of esters is 2. The molecule has 2 atom stereocenters. The number of hydrogen-bond donors (Lipinski definition) is 1. The Morgan fingerprint density at radius 3 is 1.51 bits per heavy atom. The molecule has 0 aliphatic rings. The molecular weight excluding hydrogens is 691 g/mol. The van der Waals surface area contributed by atoms with Crippen LogP contribution in [0.5, 0.6) is 0 Å². The molecule has 0 bridgehead atoms. The highest BCUT2D eigenvalue weighted by Crippen LogP contribution is 2.14. The number of likely N-dealkylation sites (N-methyl/N-ethyl adjacent to an activating group) is 1. The SMILES string of the molecule is CC/C=C/C/C=C/C/C=C/C/C=C/C/C=C/CCCCCCCCC(=O)OCC(COCCC(C(=O)O)[N+](C)(C)C)OC(=O)CCCCCCCCCCC. The average molecular weight is 773 g/mol. The zero-order valence-electron chi connectivity index (χ0n) is 35.9. The van der Waals surface area contributed by atoms with Gasteiger partial charge in [0.25, 0.3) is 0 Å². The number of nitrogens with zero attached hydrogens (tertiary/aromatic N) is 1. The lowest BCUT2D eigenvalue weighted by Crippen LogP contribution is -2.50. The molecular formula is C47H82NO7+. The van der Waals surface area contributed by atoms with Gasteiger partial charge in [0, 0.05) is 19.3 Å². The monoisotopic (exact) mass is 773 g/mol. The normalized spacial score (nSPS) is 13.5. The maximum atomic E-state index is 12.6. The summed E-state index contributed by atoms with van der Waals surface area (Å²) in [5, 5.41) is 9.60. The summed E-state index contributed by atoms with van der Waals surface area (Å²) < 4.78 is 17.2. The number of carbonyl (C=O) groups excluding carboxylic acids is 2. The van der Waals surface area contributed by atoms with E-state index in [1.54, 1.807) is 0 Å². The molecule has 8 nitrogen and oxygen atoms in total. The van der Waals surface area contributed by atoms with E-state index in [1.165, 1.54) is 51.4 Å². The van der Waals surface area contributed by atoms with Crippen molar-refractivity contribution in [2.45, 2.75) is 180 Å². The minimum atomic E-state index is -0.879. The van der Waals surface area contributed by atoms with Gasteiger partial charge in [0.05, 0.1) is 34.4 Å². The van der Waals surface area contributed by atoms with E-state index in [9.17, 15) is 19.5 Å². The number of allylic oxidation sites excluding steroid dienone is 10. The molecule has 0 rings (SSSR count). The van der Waals surface area contributed by atoms with Gasteiger partial charge in [-0.15, -0.1) is 0 Å². The molecule has 0 heterocycles. The van der Waals surface area contributed by atoms with E-state index in [0.29, 0.717) is 19.3 Å². The van der Waals surface area contributed by atoms with E-state index in [1.807, 2.05) is 21.1 Å². The molecule has 0 amide bonds. The molecule has 316 valence electrons. The topological polar surface area (TPSA) is 99.1 Å². The summed E-state index contributed by atoms with van der Waals surface area (Å²) in [6.07, 6.45) is 45.5. The number of ether oxygens (including phenoxy) is 3. The first-order valence-electron chi connectivity index (χ1n) is 21.8. The number of aliphatic carboxylic acids is 1. The van der Waals surface area contributed by atoms with Crippen LogP contribution >= 0.6 is 0 Å². The number of carbonyl (C=O) groups is 3. The van der Waals surface area contributed by atoms with Crippen molar-refractivity contribution in [1.29, 1.82) is 0 Å². The highest BCUT2D eigenvalue weighted by Gasteiger charge is 2.31. The zero-order chi connectivity index (χ0) is 40.7. The van der Waals surface area contributed by atoms with Crippen molar-refractivity contribution in [1.82, 2.24) is 0 Å². The second kappa shape index (κ2) is 37.9. The van der Waals surface area contributed by atoms with Gasteiger partial charge in [0.15, 0.2) is 12.1 Å². The lowest BCUT2D eigenvalue weighted by molar-refractivity contribution is -0.887. The van der Waals surface area contributed by atoms with Gasteiger partial charge < -0.3 is 23.8 Å². The van der Waals surface area contributed by atoms with Crippen molar-refractivity contribution in [3.63, 3.8) is 0 Å². The average Bonchev–Trinajstić information content (AvgIpc) is 3.14. The predicted molar refractivity (Wildman–Crippen MR) is 229 cm³/mol. The van der Waals surface area contributed by atoms with Crippen LogP contribution in [0.4, 0.5) is 0 Å². The van der Waals surface area contributed by atoms with E-state index in [0.717, 1.165) is 83.5 Å². The lowest BCUT2D eigenvalue weighted by atomic mass is 10.1. The Kier molecular flexibility index (Phi) is 35.9. The van der Waals surface area contributed by atoms with E-state index in [2.05, 4.69) is 74.6 Å². The summed E-state index contributed by atoms with van der Waals surface area (Å²) in [4.78, 5) is 36.9. The number of carboxylic acids is 1. The first kappa shape index (κ1) is 52.0. The molecule has 0 radical (unpaired) electrons. The molecule has 8 heteroatoms. The number of rotatable bonds is 38. The second-order valence-corrected chi connectivity index (χ2v) is 15.6. The molecule has 0 aromatic carbocycles. The molecule has 0 spiro atoms. The first-order valence-corrected chi connectivity index (χ1v) is 21.8. The summed E-state index contributed by atoms with van der Waals surface area (Å²) in [6, 6.07) is -0.616. The Morgan fingerprint density at radius 1 is 0.564 bits per heavy atom. The lowest BCUT2D eigenvalue weighted by Gasteiger charge is -2.31. The van der Waals surface area contributed by atoms with Crippen LogP contribution in [-0.4, -0.2) is 80.6 Å². The standard InChI is InChI=1S/C47H81NO7/c1-6-8-10-12-14-16-17-18-19-20-21-22-23-24-25-26-27-28-30-31-33-35-37-45(49)54-42-43(41-53-40-39-44(47(51)52)48(3,4)5)55-46(50)38-36-34-32-29-15-13-11-9-7-2/h8,10,14,16,18-19,21-22,24-25,43-44H,6-7,9,11-13,15,17,20,23,26-42H2,1-5H3/p+1/b10-8+,16-14+,19-18+,22-21+,25-24+. The minimum Gasteiger partial charge on any atom is -0.477 e.